The van der Waals surface area contributed by atoms with Crippen molar-refractivity contribution in [3.63, 3.8) is 0 Å². The van der Waals surface area contributed by atoms with Crippen molar-refractivity contribution < 1.29 is 41.0 Å². The van der Waals surface area contributed by atoms with Crippen LogP contribution in [0, 0.1) is 5.92 Å². The van der Waals surface area contributed by atoms with Gasteiger partial charge in [0.2, 0.25) is 5.91 Å². The van der Waals surface area contributed by atoms with E-state index >= 15 is 0 Å². The molecule has 2 aliphatic heterocycles. The summed E-state index contributed by atoms with van der Waals surface area (Å²) in [6.45, 7) is 3.60. The van der Waals surface area contributed by atoms with Gasteiger partial charge in [0.1, 0.15) is 0 Å². The number of piperazine rings is 1. The maximum Gasteiger partial charge on any atom is 0.430 e. The maximum atomic E-state index is 13.3. The average molecular weight is 558 g/mol. The van der Waals surface area contributed by atoms with Gasteiger partial charge >= 0.3 is 18.4 Å². The van der Waals surface area contributed by atoms with Crippen LogP contribution in [0.4, 0.5) is 31.1 Å². The van der Waals surface area contributed by atoms with E-state index in [-0.39, 0.29) is 30.3 Å². The van der Waals surface area contributed by atoms with E-state index < -0.39 is 23.5 Å². The smallest absolute Gasteiger partial charge is 0.369 e. The molecule has 2 aromatic carbocycles. The topological polar surface area (TPSA) is 64.1 Å². The summed E-state index contributed by atoms with van der Waals surface area (Å²) in [5.74, 6) is -0.575. The molecule has 0 aromatic heterocycles. The second-order valence-electron chi connectivity index (χ2n) is 10.1. The molecular weight excluding hydrogens is 528 g/mol. The van der Waals surface area contributed by atoms with Gasteiger partial charge in [0, 0.05) is 57.7 Å². The SMILES string of the molecule is CC(=O)N1CCN(C(=O)N2C[C@@H](Cc3ccccc3)[C@H](c3ccc(C(O)(C(F)(F)F)C(F)(F)F)cc3)C2)CC1. The lowest BCUT2D eigenvalue weighted by Crippen LogP contribution is -2.53. The molecule has 12 heteroatoms. The van der Waals surface area contributed by atoms with Crippen molar-refractivity contribution in [2.75, 3.05) is 39.3 Å². The van der Waals surface area contributed by atoms with E-state index in [2.05, 4.69) is 0 Å². The molecule has 2 saturated heterocycles. The lowest BCUT2D eigenvalue weighted by molar-refractivity contribution is -0.376. The Morgan fingerprint density at radius 1 is 0.795 bits per heavy atom. The maximum absolute atomic E-state index is 13.3. The number of carbonyl (C=O) groups is 2. The number of likely N-dealkylation sites (tertiary alicyclic amines) is 1. The molecule has 0 unspecified atom stereocenters. The lowest BCUT2D eigenvalue weighted by atomic mass is 9.83. The number of rotatable bonds is 4. The van der Waals surface area contributed by atoms with E-state index in [1.165, 1.54) is 19.1 Å². The van der Waals surface area contributed by atoms with E-state index in [4.69, 9.17) is 0 Å². The summed E-state index contributed by atoms with van der Waals surface area (Å²) in [5, 5.41) is 9.74. The minimum atomic E-state index is -5.97. The normalized spacial score (nSPS) is 20.9. The molecule has 1 N–H and O–H groups in total. The Bertz CT molecular complexity index is 1150. The number of hydrogen-bond donors (Lipinski definition) is 1. The molecule has 0 spiro atoms. The number of halogens is 6. The fourth-order valence-electron chi connectivity index (χ4n) is 5.40. The minimum absolute atomic E-state index is 0.0716. The third-order valence-corrected chi connectivity index (χ3v) is 7.62. The van der Waals surface area contributed by atoms with Crippen molar-refractivity contribution in [2.24, 2.45) is 5.92 Å². The van der Waals surface area contributed by atoms with Crippen molar-refractivity contribution in [1.82, 2.24) is 14.7 Å². The van der Waals surface area contributed by atoms with Gasteiger partial charge in [0.15, 0.2) is 0 Å². The molecule has 4 rings (SSSR count). The third kappa shape index (κ3) is 5.70. The molecule has 0 bridgehead atoms. The molecule has 212 valence electrons. The highest BCUT2D eigenvalue weighted by Crippen LogP contribution is 2.50. The fraction of sp³-hybridized carbons (Fsp3) is 0.481. The molecule has 2 atom stereocenters. The van der Waals surface area contributed by atoms with Crippen molar-refractivity contribution in [2.45, 2.75) is 37.2 Å². The summed E-state index contributed by atoms with van der Waals surface area (Å²) in [6.07, 6.45) is -11.4. The molecule has 39 heavy (non-hydrogen) atoms. The van der Waals surface area contributed by atoms with Gasteiger partial charge in [-0.1, -0.05) is 54.6 Å². The zero-order valence-electron chi connectivity index (χ0n) is 21.2. The summed E-state index contributed by atoms with van der Waals surface area (Å²) < 4.78 is 80.0. The second-order valence-corrected chi connectivity index (χ2v) is 10.1. The van der Waals surface area contributed by atoms with Gasteiger partial charge in [-0.2, -0.15) is 26.3 Å². The summed E-state index contributed by atoms with van der Waals surface area (Å²) >= 11 is 0. The Hall–Kier alpha value is -3.28. The molecule has 0 aliphatic carbocycles. The van der Waals surface area contributed by atoms with Crippen LogP contribution in [0.3, 0.4) is 0 Å². The summed E-state index contributed by atoms with van der Waals surface area (Å²) in [5.41, 5.74) is -4.86. The minimum Gasteiger partial charge on any atom is -0.369 e. The largest absolute Gasteiger partial charge is 0.430 e. The predicted octanol–water partition coefficient (Wildman–Crippen LogP) is 4.54. The van der Waals surface area contributed by atoms with Crippen LogP contribution >= 0.6 is 0 Å². The van der Waals surface area contributed by atoms with Crippen LogP contribution in [0.25, 0.3) is 0 Å². The van der Waals surface area contributed by atoms with Crippen LogP contribution in [0.15, 0.2) is 54.6 Å². The van der Waals surface area contributed by atoms with E-state index in [9.17, 15) is 41.0 Å². The van der Waals surface area contributed by atoms with E-state index in [1.807, 2.05) is 30.3 Å². The van der Waals surface area contributed by atoms with Gasteiger partial charge < -0.3 is 19.8 Å². The summed E-state index contributed by atoms with van der Waals surface area (Å²) in [7, 11) is 0. The third-order valence-electron chi connectivity index (χ3n) is 7.62. The van der Waals surface area contributed by atoms with Gasteiger partial charge in [-0.25, -0.2) is 4.79 Å². The van der Waals surface area contributed by atoms with Crippen molar-refractivity contribution in [3.8, 4) is 0 Å². The first-order valence-corrected chi connectivity index (χ1v) is 12.5. The average Bonchev–Trinajstić information content (AvgIpc) is 3.30. The number of nitrogens with zero attached hydrogens (tertiary/aromatic N) is 3. The van der Waals surface area contributed by atoms with Crippen LogP contribution in [0.1, 0.15) is 29.5 Å². The van der Waals surface area contributed by atoms with Crippen LogP contribution in [0.5, 0.6) is 0 Å². The zero-order valence-corrected chi connectivity index (χ0v) is 21.2. The van der Waals surface area contributed by atoms with Gasteiger partial charge in [0.05, 0.1) is 0 Å². The Morgan fingerprint density at radius 2 is 1.33 bits per heavy atom. The van der Waals surface area contributed by atoms with E-state index in [0.29, 0.717) is 56.8 Å². The van der Waals surface area contributed by atoms with Crippen LogP contribution in [-0.4, -0.2) is 83.4 Å². The predicted molar refractivity (Wildman–Crippen MR) is 130 cm³/mol. The quantitative estimate of drug-likeness (QED) is 0.562. The standard InChI is InChI=1S/C27H29F6N3O3/c1-18(37)34-11-13-35(14-12-34)24(38)36-16-21(15-19-5-3-2-4-6-19)23(17-36)20-7-9-22(10-8-20)25(39,26(28,29)30)27(31,32)33/h2-10,21,23,39H,11-17H2,1H3/t21-,23+/m1/s1. The Kier molecular flexibility index (Phi) is 7.89. The summed E-state index contributed by atoms with van der Waals surface area (Å²) in [6, 6.07) is 12.8. The molecule has 2 aliphatic rings. The highest BCUT2D eigenvalue weighted by Gasteiger charge is 2.71. The second kappa shape index (κ2) is 10.7. The lowest BCUT2D eigenvalue weighted by Gasteiger charge is -2.36. The molecule has 3 amide bonds. The highest BCUT2D eigenvalue weighted by atomic mass is 19.4. The van der Waals surface area contributed by atoms with Gasteiger partial charge in [-0.05, 0) is 23.5 Å². The number of hydrogen-bond acceptors (Lipinski definition) is 3. The number of amides is 3. The van der Waals surface area contributed by atoms with Crippen LogP contribution in [0.2, 0.25) is 0 Å². The number of benzene rings is 2. The van der Waals surface area contributed by atoms with Gasteiger partial charge in [0.25, 0.3) is 5.60 Å². The molecule has 0 saturated carbocycles. The first kappa shape index (κ1) is 28.7. The van der Waals surface area contributed by atoms with Crippen molar-refractivity contribution in [1.29, 1.82) is 0 Å². The molecule has 0 radical (unpaired) electrons. The Labute approximate surface area is 221 Å². The van der Waals surface area contributed by atoms with Crippen molar-refractivity contribution >= 4 is 11.9 Å². The monoisotopic (exact) mass is 557 g/mol. The zero-order chi connectivity index (χ0) is 28.6. The molecular formula is C27H29F6N3O3. The summed E-state index contributed by atoms with van der Waals surface area (Å²) in [4.78, 5) is 29.9. The Morgan fingerprint density at radius 3 is 1.85 bits per heavy atom. The van der Waals surface area contributed by atoms with E-state index in [1.54, 1.807) is 14.7 Å². The molecule has 6 nitrogen and oxygen atoms in total. The molecule has 2 fully saturated rings. The van der Waals surface area contributed by atoms with Gasteiger partial charge in [-0.3, -0.25) is 4.79 Å². The molecule has 2 aromatic rings. The number of urea groups is 1. The number of alkyl halides is 6. The number of aliphatic hydroxyl groups is 1. The first-order valence-electron chi connectivity index (χ1n) is 12.5. The van der Waals surface area contributed by atoms with E-state index in [0.717, 1.165) is 5.56 Å². The molecule has 2 heterocycles. The Balaban J connectivity index is 1.58. The van der Waals surface area contributed by atoms with Crippen LogP contribution in [-0.2, 0) is 16.8 Å². The highest BCUT2D eigenvalue weighted by molar-refractivity contribution is 5.76. The van der Waals surface area contributed by atoms with Crippen molar-refractivity contribution in [3.05, 3.63) is 71.3 Å². The number of carbonyl (C=O) groups excluding carboxylic acids is 2. The van der Waals surface area contributed by atoms with Crippen LogP contribution < -0.4 is 0 Å². The fourth-order valence-corrected chi connectivity index (χ4v) is 5.40. The van der Waals surface area contributed by atoms with Gasteiger partial charge in [-0.15, -0.1) is 0 Å². The first-order chi connectivity index (χ1) is 18.2.